The second kappa shape index (κ2) is 10.2. The van der Waals surface area contributed by atoms with Gasteiger partial charge in [-0.25, -0.2) is 13.8 Å². The maximum atomic E-state index is 17.0. The zero-order valence-corrected chi connectivity index (χ0v) is 24.8. The fourth-order valence-corrected chi connectivity index (χ4v) is 7.73. The Bertz CT molecular complexity index is 1840. The van der Waals surface area contributed by atoms with Crippen molar-refractivity contribution in [3.8, 4) is 34.6 Å². The number of halogens is 2. The smallest absolute Gasteiger partial charge is 0.319 e. The number of aromatic nitrogens is 3. The number of ether oxygens (including phenoxy) is 3. The molecule has 234 valence electrons. The van der Waals surface area contributed by atoms with Gasteiger partial charge in [0.2, 0.25) is 5.88 Å². The van der Waals surface area contributed by atoms with Crippen LogP contribution in [-0.4, -0.2) is 88.6 Å². The van der Waals surface area contributed by atoms with Gasteiger partial charge in [0.1, 0.15) is 41.4 Å². The van der Waals surface area contributed by atoms with Crippen LogP contribution in [0, 0.1) is 11.6 Å². The van der Waals surface area contributed by atoms with Gasteiger partial charge in [0.25, 0.3) is 0 Å². The highest BCUT2D eigenvalue weighted by atomic mass is 19.1. The molecular formula is C33H34F2N6O4. The molecule has 5 aliphatic rings. The van der Waals surface area contributed by atoms with E-state index in [0.29, 0.717) is 48.3 Å². The van der Waals surface area contributed by atoms with Crippen molar-refractivity contribution in [3.05, 3.63) is 35.9 Å². The molecule has 0 radical (unpaired) electrons. The quantitative estimate of drug-likeness (QED) is 0.321. The van der Waals surface area contributed by atoms with Crippen LogP contribution in [0.1, 0.15) is 38.5 Å². The number of nitrogens with zero attached hydrogens (tertiary/aromatic N) is 5. The van der Waals surface area contributed by atoms with Crippen LogP contribution in [0.15, 0.2) is 24.3 Å². The third kappa shape index (κ3) is 4.44. The Labute approximate surface area is 258 Å². The number of hydrogen-bond acceptors (Lipinski definition) is 10. The minimum atomic E-state index is -0.727. The number of rotatable bonds is 6. The summed E-state index contributed by atoms with van der Waals surface area (Å²) in [6.45, 7) is 4.92. The molecule has 0 amide bonds. The maximum Gasteiger partial charge on any atom is 0.319 e. The van der Waals surface area contributed by atoms with Gasteiger partial charge in [-0.2, -0.15) is 9.97 Å². The van der Waals surface area contributed by atoms with Crippen molar-refractivity contribution in [3.63, 3.8) is 0 Å². The van der Waals surface area contributed by atoms with Gasteiger partial charge in [-0.05, 0) is 75.2 Å². The van der Waals surface area contributed by atoms with Crippen LogP contribution in [0.2, 0.25) is 0 Å². The number of benzene rings is 2. The second-order valence-electron chi connectivity index (χ2n) is 13.0. The topological polar surface area (TPSA) is 105 Å². The van der Waals surface area contributed by atoms with Crippen LogP contribution in [0.5, 0.6) is 23.4 Å². The molecule has 4 aromatic rings. The lowest BCUT2D eigenvalue weighted by atomic mass is 9.95. The highest BCUT2D eigenvalue weighted by Crippen LogP contribution is 2.46. The SMILES string of the molecule is Oc1cc(-c2nc3c4c(nc(OCC56CCCN5CCC6)nc4c2F)N2CCNC[C@H]2CO3)c2c(OC3CC3)c(F)ccc2c1. The number of phenols is 1. The van der Waals surface area contributed by atoms with E-state index in [0.717, 1.165) is 58.2 Å². The van der Waals surface area contributed by atoms with Crippen molar-refractivity contribution in [1.29, 1.82) is 0 Å². The molecule has 9 rings (SSSR count). The van der Waals surface area contributed by atoms with Crippen molar-refractivity contribution in [2.24, 2.45) is 0 Å². The second-order valence-corrected chi connectivity index (χ2v) is 13.0. The highest BCUT2D eigenvalue weighted by molar-refractivity contribution is 6.04. The van der Waals surface area contributed by atoms with Crippen LogP contribution in [-0.2, 0) is 0 Å². The Hall–Kier alpha value is -4.03. The predicted molar refractivity (Wildman–Crippen MR) is 163 cm³/mol. The lowest BCUT2D eigenvalue weighted by Gasteiger charge is -2.35. The molecule has 4 aliphatic heterocycles. The van der Waals surface area contributed by atoms with E-state index in [1.807, 2.05) is 0 Å². The zero-order chi connectivity index (χ0) is 30.3. The van der Waals surface area contributed by atoms with Crippen molar-refractivity contribution >= 4 is 27.5 Å². The Balaban J connectivity index is 1.24. The molecule has 0 bridgehead atoms. The molecule has 4 fully saturated rings. The first-order chi connectivity index (χ1) is 22.0. The van der Waals surface area contributed by atoms with E-state index in [-0.39, 0.29) is 57.8 Å². The van der Waals surface area contributed by atoms with Crippen molar-refractivity contribution in [1.82, 2.24) is 25.2 Å². The Morgan fingerprint density at radius 2 is 1.89 bits per heavy atom. The molecule has 0 unspecified atom stereocenters. The molecule has 1 aliphatic carbocycles. The number of piperazine rings is 1. The number of fused-ring (bicyclic) bond motifs is 4. The summed E-state index contributed by atoms with van der Waals surface area (Å²) in [5.41, 5.74) is 0.0496. The third-order valence-electron chi connectivity index (χ3n) is 10.1. The Morgan fingerprint density at radius 3 is 2.71 bits per heavy atom. The molecule has 0 spiro atoms. The van der Waals surface area contributed by atoms with Gasteiger partial charge in [-0.15, -0.1) is 0 Å². The average Bonchev–Trinajstić information content (AvgIpc) is 3.68. The molecule has 3 saturated heterocycles. The molecule has 1 atom stereocenters. The maximum absolute atomic E-state index is 17.0. The van der Waals surface area contributed by atoms with Crippen molar-refractivity contribution in [2.75, 3.05) is 50.8 Å². The van der Waals surface area contributed by atoms with E-state index in [1.165, 1.54) is 18.2 Å². The minimum absolute atomic E-state index is 0.0129. The number of hydrogen-bond donors (Lipinski definition) is 2. The molecule has 1 saturated carbocycles. The van der Waals surface area contributed by atoms with E-state index in [2.05, 4.69) is 20.1 Å². The normalized spacial score (nSPS) is 22.3. The molecule has 10 nitrogen and oxygen atoms in total. The van der Waals surface area contributed by atoms with Gasteiger partial charge in [0.05, 0.1) is 17.7 Å². The fraction of sp³-hybridized carbons (Fsp3) is 0.485. The fourth-order valence-electron chi connectivity index (χ4n) is 7.73. The van der Waals surface area contributed by atoms with Gasteiger partial charge in [-0.3, -0.25) is 4.90 Å². The van der Waals surface area contributed by atoms with E-state index < -0.39 is 11.6 Å². The summed E-state index contributed by atoms with van der Waals surface area (Å²) < 4.78 is 50.9. The average molecular weight is 617 g/mol. The Morgan fingerprint density at radius 1 is 1.04 bits per heavy atom. The summed E-state index contributed by atoms with van der Waals surface area (Å²) in [5, 5.41) is 15.3. The van der Waals surface area contributed by atoms with Crippen LogP contribution >= 0.6 is 0 Å². The molecule has 2 aromatic heterocycles. The standard InChI is InChI=1S/C33H34F2N6O4/c34-23-6-3-18-13-20(42)14-22(24(18)29(23)45-21-4-5-21)27-26(35)28-25-30(41-12-9-36-15-19(41)16-43-31(25)37-27)39-32(38-28)44-17-33-7-1-10-40(33)11-2-8-33/h3,6,13-14,19,21,36,42H,1-2,4-5,7-12,15-17H2/t19-/m0/s1. The number of nitrogens with one attached hydrogen (secondary N) is 1. The summed E-state index contributed by atoms with van der Waals surface area (Å²) in [4.78, 5) is 18.8. The van der Waals surface area contributed by atoms with Gasteiger partial charge >= 0.3 is 6.01 Å². The van der Waals surface area contributed by atoms with E-state index in [4.69, 9.17) is 24.2 Å². The molecule has 2 N–H and O–H groups in total. The van der Waals surface area contributed by atoms with E-state index in [9.17, 15) is 5.11 Å². The third-order valence-corrected chi connectivity index (χ3v) is 10.1. The molecule has 12 heteroatoms. The molecular weight excluding hydrogens is 582 g/mol. The monoisotopic (exact) mass is 616 g/mol. The summed E-state index contributed by atoms with van der Waals surface area (Å²) in [5.74, 6) is -0.661. The van der Waals surface area contributed by atoms with E-state index >= 15 is 8.78 Å². The lowest BCUT2D eigenvalue weighted by molar-refractivity contribution is 0.108. The van der Waals surface area contributed by atoms with Crippen molar-refractivity contribution < 1.29 is 28.1 Å². The molecule has 2 aromatic carbocycles. The minimum Gasteiger partial charge on any atom is -0.508 e. The summed E-state index contributed by atoms with van der Waals surface area (Å²) in [6, 6.07) is 5.80. The predicted octanol–water partition coefficient (Wildman–Crippen LogP) is 4.55. The number of pyridine rings is 1. The van der Waals surface area contributed by atoms with Crippen LogP contribution in [0.4, 0.5) is 14.6 Å². The van der Waals surface area contributed by atoms with Crippen LogP contribution < -0.4 is 24.4 Å². The van der Waals surface area contributed by atoms with Gasteiger partial charge < -0.3 is 29.5 Å². The summed E-state index contributed by atoms with van der Waals surface area (Å²) in [6.07, 6.45) is 5.90. The van der Waals surface area contributed by atoms with Crippen molar-refractivity contribution in [2.45, 2.75) is 56.2 Å². The first kappa shape index (κ1) is 27.3. The number of anilines is 1. The van der Waals surface area contributed by atoms with Gasteiger partial charge in [-0.1, -0.05) is 6.07 Å². The Kier molecular flexibility index (Phi) is 6.21. The van der Waals surface area contributed by atoms with Crippen LogP contribution in [0.25, 0.3) is 32.9 Å². The van der Waals surface area contributed by atoms with Gasteiger partial charge in [0.15, 0.2) is 17.4 Å². The zero-order valence-electron chi connectivity index (χ0n) is 24.8. The lowest BCUT2D eigenvalue weighted by Crippen LogP contribution is -2.53. The van der Waals surface area contributed by atoms with Crippen LogP contribution in [0.3, 0.4) is 0 Å². The first-order valence-corrected chi connectivity index (χ1v) is 16.0. The summed E-state index contributed by atoms with van der Waals surface area (Å²) >= 11 is 0. The number of phenolic OH excluding ortho intramolecular Hbond substituents is 1. The van der Waals surface area contributed by atoms with Gasteiger partial charge in [0, 0.05) is 30.6 Å². The number of aromatic hydroxyl groups is 1. The highest BCUT2D eigenvalue weighted by Gasteiger charge is 2.45. The van der Waals surface area contributed by atoms with E-state index in [1.54, 1.807) is 6.07 Å². The summed E-state index contributed by atoms with van der Waals surface area (Å²) in [7, 11) is 0. The largest absolute Gasteiger partial charge is 0.508 e. The first-order valence-electron chi connectivity index (χ1n) is 16.0. The molecule has 6 heterocycles. The molecule has 45 heavy (non-hydrogen) atoms.